The molecule has 1 N–H and O–H groups in total. The van der Waals surface area contributed by atoms with Gasteiger partial charge in [-0.15, -0.1) is 0 Å². The first-order valence-electron chi connectivity index (χ1n) is 8.31. The molecule has 1 aliphatic rings. The van der Waals surface area contributed by atoms with Crippen LogP contribution in [0.1, 0.15) is 24.1 Å². The molecule has 0 saturated carbocycles. The molecular formula is C20H18FNO5. The van der Waals surface area contributed by atoms with Crippen LogP contribution < -0.4 is 14.8 Å². The van der Waals surface area contributed by atoms with Crippen molar-refractivity contribution in [1.82, 2.24) is 5.32 Å². The first-order chi connectivity index (χ1) is 13.0. The fourth-order valence-electron chi connectivity index (χ4n) is 2.50. The van der Waals surface area contributed by atoms with Crippen LogP contribution in [0.2, 0.25) is 0 Å². The largest absolute Gasteiger partial charge is 0.454 e. The molecule has 0 spiro atoms. The van der Waals surface area contributed by atoms with E-state index in [4.69, 9.17) is 14.2 Å². The Morgan fingerprint density at radius 3 is 2.81 bits per heavy atom. The van der Waals surface area contributed by atoms with Crippen LogP contribution in [0.25, 0.3) is 6.08 Å². The van der Waals surface area contributed by atoms with Crippen LogP contribution in [-0.4, -0.2) is 25.3 Å². The van der Waals surface area contributed by atoms with Gasteiger partial charge in [-0.05, 0) is 36.8 Å². The van der Waals surface area contributed by atoms with Crippen molar-refractivity contribution in [3.05, 3.63) is 65.5 Å². The SMILES string of the molecule is C[C@H](NC(=O)COC(=O)/C=C/c1ccccc1F)c1ccc2c(c1)OCO2. The van der Waals surface area contributed by atoms with Crippen LogP contribution in [0, 0.1) is 5.82 Å². The molecule has 0 aromatic heterocycles. The van der Waals surface area contributed by atoms with Gasteiger partial charge in [0.05, 0.1) is 6.04 Å². The van der Waals surface area contributed by atoms with Crippen LogP contribution in [0.5, 0.6) is 11.5 Å². The third kappa shape index (κ3) is 4.84. The van der Waals surface area contributed by atoms with Gasteiger partial charge in [-0.3, -0.25) is 4.79 Å². The zero-order valence-electron chi connectivity index (χ0n) is 14.6. The number of carbonyl (C=O) groups excluding carboxylic acids is 2. The molecule has 1 atom stereocenters. The zero-order chi connectivity index (χ0) is 19.2. The number of hydrogen-bond acceptors (Lipinski definition) is 5. The number of halogens is 1. The number of nitrogens with one attached hydrogen (secondary N) is 1. The molecule has 7 heteroatoms. The van der Waals surface area contributed by atoms with Crippen LogP contribution in [-0.2, 0) is 14.3 Å². The molecule has 0 fully saturated rings. The van der Waals surface area contributed by atoms with E-state index >= 15 is 0 Å². The Labute approximate surface area is 155 Å². The summed E-state index contributed by atoms with van der Waals surface area (Å²) in [7, 11) is 0. The fourth-order valence-corrected chi connectivity index (χ4v) is 2.50. The summed E-state index contributed by atoms with van der Waals surface area (Å²) >= 11 is 0. The maximum Gasteiger partial charge on any atom is 0.331 e. The van der Waals surface area contributed by atoms with E-state index in [2.05, 4.69) is 5.32 Å². The van der Waals surface area contributed by atoms with Gasteiger partial charge >= 0.3 is 5.97 Å². The Bertz CT molecular complexity index is 880. The third-order valence-electron chi connectivity index (χ3n) is 3.92. The molecule has 1 amide bonds. The van der Waals surface area contributed by atoms with E-state index in [1.165, 1.54) is 18.2 Å². The summed E-state index contributed by atoms with van der Waals surface area (Å²) in [6.45, 7) is 1.54. The summed E-state index contributed by atoms with van der Waals surface area (Å²) in [6, 6.07) is 11.1. The maximum absolute atomic E-state index is 13.5. The highest BCUT2D eigenvalue weighted by molar-refractivity contribution is 5.89. The number of esters is 1. The predicted molar refractivity (Wildman–Crippen MR) is 95.5 cm³/mol. The van der Waals surface area contributed by atoms with Crippen molar-refractivity contribution < 1.29 is 28.2 Å². The third-order valence-corrected chi connectivity index (χ3v) is 3.92. The first kappa shape index (κ1) is 18.4. The summed E-state index contributed by atoms with van der Waals surface area (Å²) in [4.78, 5) is 23.6. The van der Waals surface area contributed by atoms with Gasteiger partial charge in [0.15, 0.2) is 18.1 Å². The summed E-state index contributed by atoms with van der Waals surface area (Å²) < 4.78 is 28.9. The van der Waals surface area contributed by atoms with Crippen LogP contribution in [0.4, 0.5) is 4.39 Å². The molecule has 2 aromatic rings. The van der Waals surface area contributed by atoms with Crippen molar-refractivity contribution in [1.29, 1.82) is 0 Å². The molecule has 0 saturated heterocycles. The smallest absolute Gasteiger partial charge is 0.331 e. The lowest BCUT2D eigenvalue weighted by molar-refractivity contribution is -0.144. The van der Waals surface area contributed by atoms with Crippen LogP contribution >= 0.6 is 0 Å². The zero-order valence-corrected chi connectivity index (χ0v) is 14.6. The van der Waals surface area contributed by atoms with E-state index in [0.717, 1.165) is 11.6 Å². The van der Waals surface area contributed by atoms with Crippen molar-refractivity contribution in [3.8, 4) is 11.5 Å². The summed E-state index contributed by atoms with van der Waals surface area (Å²) in [5, 5.41) is 2.73. The Kier molecular flexibility index (Phi) is 5.71. The lowest BCUT2D eigenvalue weighted by Gasteiger charge is -2.14. The van der Waals surface area contributed by atoms with Gasteiger partial charge in [0.2, 0.25) is 6.79 Å². The average molecular weight is 371 g/mol. The van der Waals surface area contributed by atoms with E-state index in [1.807, 2.05) is 6.07 Å². The summed E-state index contributed by atoms with van der Waals surface area (Å²) in [5.74, 6) is -0.347. The number of fused-ring (bicyclic) bond motifs is 1. The molecule has 0 bridgehead atoms. The van der Waals surface area contributed by atoms with Gasteiger partial charge in [-0.2, -0.15) is 0 Å². The van der Waals surface area contributed by atoms with Crippen molar-refractivity contribution in [2.24, 2.45) is 0 Å². The van der Waals surface area contributed by atoms with Gasteiger partial charge in [-0.25, -0.2) is 9.18 Å². The lowest BCUT2D eigenvalue weighted by atomic mass is 10.1. The number of rotatable bonds is 6. The lowest BCUT2D eigenvalue weighted by Crippen LogP contribution is -2.30. The number of amides is 1. The first-order valence-corrected chi connectivity index (χ1v) is 8.31. The number of carbonyl (C=O) groups is 2. The van der Waals surface area contributed by atoms with Gasteiger partial charge in [0, 0.05) is 11.6 Å². The summed E-state index contributed by atoms with van der Waals surface area (Å²) in [6.07, 6.45) is 2.37. The van der Waals surface area contributed by atoms with E-state index in [-0.39, 0.29) is 18.4 Å². The quantitative estimate of drug-likeness (QED) is 0.624. The molecule has 1 heterocycles. The van der Waals surface area contributed by atoms with Crippen molar-refractivity contribution >= 4 is 18.0 Å². The molecule has 0 radical (unpaired) electrons. The van der Waals surface area contributed by atoms with Crippen LogP contribution in [0.15, 0.2) is 48.5 Å². The maximum atomic E-state index is 13.5. The topological polar surface area (TPSA) is 73.9 Å². The van der Waals surface area contributed by atoms with Crippen molar-refractivity contribution in [2.45, 2.75) is 13.0 Å². The Morgan fingerprint density at radius 2 is 2.00 bits per heavy atom. The molecule has 140 valence electrons. The van der Waals surface area contributed by atoms with Gasteiger partial charge in [0.25, 0.3) is 5.91 Å². The summed E-state index contributed by atoms with van der Waals surface area (Å²) in [5.41, 5.74) is 1.09. The molecule has 27 heavy (non-hydrogen) atoms. The monoisotopic (exact) mass is 371 g/mol. The molecule has 1 aliphatic heterocycles. The Morgan fingerprint density at radius 1 is 1.22 bits per heavy atom. The van der Waals surface area contributed by atoms with Gasteiger partial charge in [0.1, 0.15) is 5.82 Å². The molecule has 6 nitrogen and oxygen atoms in total. The van der Waals surface area contributed by atoms with Gasteiger partial charge in [-0.1, -0.05) is 24.3 Å². The predicted octanol–water partition coefficient (Wildman–Crippen LogP) is 2.99. The molecule has 3 rings (SSSR count). The van der Waals surface area contributed by atoms with E-state index < -0.39 is 24.3 Å². The van der Waals surface area contributed by atoms with Crippen molar-refractivity contribution in [2.75, 3.05) is 13.4 Å². The minimum absolute atomic E-state index is 0.176. The second-order valence-electron chi connectivity index (χ2n) is 5.86. The highest BCUT2D eigenvalue weighted by atomic mass is 19.1. The van der Waals surface area contributed by atoms with Crippen molar-refractivity contribution in [3.63, 3.8) is 0 Å². The second kappa shape index (κ2) is 8.35. The van der Waals surface area contributed by atoms with Gasteiger partial charge < -0.3 is 19.5 Å². The fraction of sp³-hybridized carbons (Fsp3) is 0.200. The van der Waals surface area contributed by atoms with Crippen LogP contribution in [0.3, 0.4) is 0 Å². The average Bonchev–Trinajstić information content (AvgIpc) is 3.13. The normalized spacial score (nSPS) is 13.4. The molecule has 2 aromatic carbocycles. The second-order valence-corrected chi connectivity index (χ2v) is 5.86. The highest BCUT2D eigenvalue weighted by Gasteiger charge is 2.17. The minimum Gasteiger partial charge on any atom is -0.454 e. The van der Waals surface area contributed by atoms with E-state index in [0.29, 0.717) is 11.5 Å². The number of ether oxygens (including phenoxy) is 3. The standard InChI is InChI=1S/C20H18FNO5/c1-13(15-6-8-17-18(10-15)27-12-26-17)22-19(23)11-25-20(24)9-7-14-4-2-3-5-16(14)21/h2-10,13H,11-12H2,1H3,(H,22,23)/b9-7+/t13-/m0/s1. The number of benzene rings is 2. The number of hydrogen-bond donors (Lipinski definition) is 1. The highest BCUT2D eigenvalue weighted by Crippen LogP contribution is 2.34. The van der Waals surface area contributed by atoms with E-state index in [9.17, 15) is 14.0 Å². The molecule has 0 unspecified atom stereocenters. The van der Waals surface area contributed by atoms with E-state index in [1.54, 1.807) is 31.2 Å². The minimum atomic E-state index is -0.732. The molecule has 0 aliphatic carbocycles. The molecular weight excluding hydrogens is 353 g/mol. The Balaban J connectivity index is 1.47. The Hall–Kier alpha value is -3.35.